The van der Waals surface area contributed by atoms with Crippen molar-refractivity contribution in [2.45, 2.75) is 64.2 Å². The molecule has 0 aromatic carbocycles. The largest absolute Gasteiger partial charge is 0.464 e. The van der Waals surface area contributed by atoms with Gasteiger partial charge in [-0.1, -0.05) is 6.92 Å². The van der Waals surface area contributed by atoms with Gasteiger partial charge < -0.3 is 14.3 Å². The first-order valence-corrected chi connectivity index (χ1v) is 9.23. The van der Waals surface area contributed by atoms with Gasteiger partial charge in [-0.2, -0.15) is 0 Å². The Labute approximate surface area is 138 Å². The highest BCUT2D eigenvalue weighted by atomic mass is 16.5. The lowest BCUT2D eigenvalue weighted by atomic mass is 9.58. The SMILES string of the molecule is CCOC1CC(O)C12CCN(Cc1ccc(C3CC3C)o1)CC2. The molecule has 0 amide bonds. The van der Waals surface area contributed by atoms with E-state index in [1.54, 1.807) is 0 Å². The van der Waals surface area contributed by atoms with Crippen molar-refractivity contribution in [3.8, 4) is 0 Å². The van der Waals surface area contributed by atoms with Crippen molar-refractivity contribution in [2.24, 2.45) is 11.3 Å². The Kier molecular flexibility index (Phi) is 4.02. The quantitative estimate of drug-likeness (QED) is 0.905. The number of rotatable bonds is 5. The van der Waals surface area contributed by atoms with Crippen LogP contribution in [0.4, 0.5) is 0 Å². The van der Waals surface area contributed by atoms with Crippen LogP contribution < -0.4 is 0 Å². The van der Waals surface area contributed by atoms with Crippen molar-refractivity contribution < 1.29 is 14.3 Å². The summed E-state index contributed by atoms with van der Waals surface area (Å²) in [6.07, 6.45) is 4.24. The molecule has 4 heteroatoms. The molecule has 4 unspecified atom stereocenters. The number of aliphatic hydroxyl groups is 1. The Balaban J connectivity index is 1.32. The highest BCUT2D eigenvalue weighted by Gasteiger charge is 2.55. The highest BCUT2D eigenvalue weighted by Crippen LogP contribution is 2.51. The second-order valence-electron chi connectivity index (χ2n) is 7.83. The summed E-state index contributed by atoms with van der Waals surface area (Å²) in [6, 6.07) is 4.31. The molecule has 1 N–H and O–H groups in total. The predicted octanol–water partition coefficient (Wildman–Crippen LogP) is 3.15. The van der Waals surface area contributed by atoms with Crippen molar-refractivity contribution in [1.82, 2.24) is 4.90 Å². The second kappa shape index (κ2) is 5.91. The van der Waals surface area contributed by atoms with E-state index in [-0.39, 0.29) is 17.6 Å². The van der Waals surface area contributed by atoms with Gasteiger partial charge in [0.05, 0.1) is 18.8 Å². The normalized spacial score (nSPS) is 36.1. The molecule has 2 saturated carbocycles. The van der Waals surface area contributed by atoms with Gasteiger partial charge in [0.1, 0.15) is 11.5 Å². The van der Waals surface area contributed by atoms with Gasteiger partial charge in [-0.3, -0.25) is 4.90 Å². The first-order valence-electron chi connectivity index (χ1n) is 9.23. The Bertz CT molecular complexity index is 545. The van der Waals surface area contributed by atoms with E-state index in [1.165, 1.54) is 12.2 Å². The lowest BCUT2D eigenvalue weighted by molar-refractivity contribution is -0.210. The van der Waals surface area contributed by atoms with Gasteiger partial charge >= 0.3 is 0 Å². The standard InChI is InChI=1S/C19H29NO3/c1-3-22-18-11-17(21)19(18)6-8-20(9-7-19)12-14-4-5-16(23-14)15-10-13(15)2/h4-5,13,15,17-18,21H,3,6-12H2,1-2H3. The average molecular weight is 319 g/mol. The van der Waals surface area contributed by atoms with Crippen molar-refractivity contribution in [2.75, 3.05) is 19.7 Å². The molecular weight excluding hydrogens is 290 g/mol. The van der Waals surface area contributed by atoms with Gasteiger partial charge in [-0.15, -0.1) is 0 Å². The molecule has 3 fully saturated rings. The van der Waals surface area contributed by atoms with E-state index in [1.807, 2.05) is 6.92 Å². The Morgan fingerprint density at radius 3 is 2.65 bits per heavy atom. The smallest absolute Gasteiger partial charge is 0.118 e. The van der Waals surface area contributed by atoms with Crippen LogP contribution in [0.15, 0.2) is 16.5 Å². The third-order valence-electron chi connectivity index (χ3n) is 6.43. The molecule has 3 aliphatic rings. The Morgan fingerprint density at radius 1 is 1.30 bits per heavy atom. The zero-order chi connectivity index (χ0) is 16.0. The summed E-state index contributed by atoms with van der Waals surface area (Å²) in [5.74, 6) is 3.71. The van der Waals surface area contributed by atoms with Crippen LogP contribution in [-0.4, -0.2) is 41.9 Å². The number of likely N-dealkylation sites (tertiary alicyclic amines) is 1. The molecule has 128 valence electrons. The summed E-state index contributed by atoms with van der Waals surface area (Å²) in [5.41, 5.74) is 0.0181. The summed E-state index contributed by atoms with van der Waals surface area (Å²) in [5, 5.41) is 10.3. The zero-order valence-electron chi connectivity index (χ0n) is 14.3. The highest BCUT2D eigenvalue weighted by molar-refractivity contribution is 5.17. The maximum absolute atomic E-state index is 10.3. The molecule has 23 heavy (non-hydrogen) atoms. The molecule has 0 bridgehead atoms. The number of ether oxygens (including phenoxy) is 1. The fourth-order valence-electron chi connectivity index (χ4n) is 4.56. The minimum Gasteiger partial charge on any atom is -0.464 e. The number of piperidine rings is 1. The fourth-order valence-corrected chi connectivity index (χ4v) is 4.56. The Morgan fingerprint density at radius 2 is 2.04 bits per heavy atom. The maximum atomic E-state index is 10.3. The maximum Gasteiger partial charge on any atom is 0.118 e. The molecule has 2 aliphatic carbocycles. The molecule has 1 aromatic rings. The molecule has 4 rings (SSSR count). The molecule has 4 nitrogen and oxygen atoms in total. The van der Waals surface area contributed by atoms with Crippen molar-refractivity contribution in [3.05, 3.63) is 23.7 Å². The molecule has 2 heterocycles. The number of hydrogen-bond acceptors (Lipinski definition) is 4. The number of furan rings is 1. The first-order chi connectivity index (χ1) is 11.1. The van der Waals surface area contributed by atoms with Gasteiger partial charge in [0.25, 0.3) is 0 Å². The van der Waals surface area contributed by atoms with Crippen molar-refractivity contribution in [1.29, 1.82) is 0 Å². The molecule has 4 atom stereocenters. The lowest BCUT2D eigenvalue weighted by Crippen LogP contribution is -2.62. The average Bonchev–Trinajstić information content (AvgIpc) is 3.10. The van der Waals surface area contributed by atoms with Crippen LogP contribution in [0.2, 0.25) is 0 Å². The van der Waals surface area contributed by atoms with Gasteiger partial charge in [0.2, 0.25) is 0 Å². The van der Waals surface area contributed by atoms with E-state index in [9.17, 15) is 5.11 Å². The van der Waals surface area contributed by atoms with Crippen LogP contribution in [0.5, 0.6) is 0 Å². The molecule has 1 saturated heterocycles. The fraction of sp³-hybridized carbons (Fsp3) is 0.789. The lowest BCUT2D eigenvalue weighted by Gasteiger charge is -2.56. The van der Waals surface area contributed by atoms with Crippen LogP contribution in [0.1, 0.15) is 57.0 Å². The number of hydrogen-bond donors (Lipinski definition) is 1. The van der Waals surface area contributed by atoms with Gasteiger partial charge in [-0.25, -0.2) is 0 Å². The minimum atomic E-state index is -0.173. The molecule has 1 aromatic heterocycles. The van der Waals surface area contributed by atoms with Crippen LogP contribution in [0.25, 0.3) is 0 Å². The monoisotopic (exact) mass is 319 g/mol. The first kappa shape index (κ1) is 15.7. The van der Waals surface area contributed by atoms with E-state index >= 15 is 0 Å². The van der Waals surface area contributed by atoms with E-state index in [4.69, 9.17) is 9.15 Å². The van der Waals surface area contributed by atoms with Crippen molar-refractivity contribution >= 4 is 0 Å². The third kappa shape index (κ3) is 2.75. The minimum absolute atomic E-state index is 0.0181. The van der Waals surface area contributed by atoms with Crippen LogP contribution >= 0.6 is 0 Å². The summed E-state index contributed by atoms with van der Waals surface area (Å²) < 4.78 is 11.9. The third-order valence-corrected chi connectivity index (χ3v) is 6.43. The van der Waals surface area contributed by atoms with E-state index in [0.29, 0.717) is 5.92 Å². The molecule has 0 radical (unpaired) electrons. The number of nitrogens with zero attached hydrogens (tertiary/aromatic N) is 1. The van der Waals surface area contributed by atoms with Crippen LogP contribution in [0, 0.1) is 11.3 Å². The van der Waals surface area contributed by atoms with E-state index in [2.05, 4.69) is 24.0 Å². The molecule has 1 spiro atoms. The second-order valence-corrected chi connectivity index (χ2v) is 7.83. The predicted molar refractivity (Wildman–Crippen MR) is 88.2 cm³/mol. The number of aliphatic hydroxyl groups excluding tert-OH is 1. The summed E-state index contributed by atoms with van der Waals surface area (Å²) in [4.78, 5) is 2.46. The van der Waals surface area contributed by atoms with Gasteiger partial charge in [-0.05, 0) is 57.3 Å². The molecular formula is C19H29NO3. The summed E-state index contributed by atoms with van der Waals surface area (Å²) in [6.45, 7) is 8.02. The van der Waals surface area contributed by atoms with E-state index < -0.39 is 0 Å². The zero-order valence-corrected chi connectivity index (χ0v) is 14.3. The van der Waals surface area contributed by atoms with Crippen molar-refractivity contribution in [3.63, 3.8) is 0 Å². The molecule has 1 aliphatic heterocycles. The van der Waals surface area contributed by atoms with E-state index in [0.717, 1.165) is 57.2 Å². The Hall–Kier alpha value is -0.840. The summed E-state index contributed by atoms with van der Waals surface area (Å²) >= 11 is 0. The summed E-state index contributed by atoms with van der Waals surface area (Å²) in [7, 11) is 0. The topological polar surface area (TPSA) is 45.8 Å². The van der Waals surface area contributed by atoms with Crippen LogP contribution in [0.3, 0.4) is 0 Å². The van der Waals surface area contributed by atoms with Crippen LogP contribution in [-0.2, 0) is 11.3 Å². The van der Waals surface area contributed by atoms with Gasteiger partial charge in [0.15, 0.2) is 0 Å². The van der Waals surface area contributed by atoms with Gasteiger partial charge in [0, 0.05) is 24.4 Å².